The van der Waals surface area contributed by atoms with Gasteiger partial charge in [0.15, 0.2) is 0 Å². The standard InChI is InChI=1S/C14H12BrIN2/c1-8-5-3-4-6-10(8)9(2)12-13(15)11(16)7-18-14(12)17/h3-7H,2H2,1H3,(H2,17,18). The lowest BCUT2D eigenvalue weighted by atomic mass is 9.96. The van der Waals surface area contributed by atoms with Crippen LogP contribution in [0.3, 0.4) is 0 Å². The quantitative estimate of drug-likeness (QED) is 0.739. The van der Waals surface area contributed by atoms with E-state index in [2.05, 4.69) is 63.1 Å². The minimum Gasteiger partial charge on any atom is -0.383 e. The summed E-state index contributed by atoms with van der Waals surface area (Å²) in [6.45, 7) is 6.23. The Morgan fingerprint density at radius 3 is 2.72 bits per heavy atom. The average Bonchev–Trinajstić information content (AvgIpc) is 2.35. The Bertz CT molecular complexity index is 623. The molecule has 1 aromatic heterocycles. The predicted molar refractivity (Wildman–Crippen MR) is 88.4 cm³/mol. The molecule has 0 atom stereocenters. The summed E-state index contributed by atoms with van der Waals surface area (Å²) in [6.07, 6.45) is 1.74. The van der Waals surface area contributed by atoms with Crippen LogP contribution < -0.4 is 5.73 Å². The zero-order valence-electron chi connectivity index (χ0n) is 9.87. The average molecular weight is 415 g/mol. The normalized spacial score (nSPS) is 10.4. The lowest BCUT2D eigenvalue weighted by Gasteiger charge is -2.14. The molecule has 0 bridgehead atoms. The van der Waals surface area contributed by atoms with Gasteiger partial charge in [-0.15, -0.1) is 0 Å². The first-order valence-electron chi connectivity index (χ1n) is 5.37. The van der Waals surface area contributed by atoms with E-state index in [-0.39, 0.29) is 0 Å². The Balaban J connectivity index is 2.61. The van der Waals surface area contributed by atoms with Crippen LogP contribution in [0, 0.1) is 10.5 Å². The second kappa shape index (κ2) is 5.40. The molecule has 0 radical (unpaired) electrons. The smallest absolute Gasteiger partial charge is 0.132 e. The van der Waals surface area contributed by atoms with E-state index in [0.29, 0.717) is 5.82 Å². The summed E-state index contributed by atoms with van der Waals surface area (Å²) in [7, 11) is 0. The third-order valence-electron chi connectivity index (χ3n) is 2.77. The maximum atomic E-state index is 5.97. The number of pyridine rings is 1. The van der Waals surface area contributed by atoms with E-state index in [0.717, 1.165) is 24.7 Å². The van der Waals surface area contributed by atoms with Crippen molar-refractivity contribution in [3.63, 3.8) is 0 Å². The second-order valence-electron chi connectivity index (χ2n) is 3.97. The molecular weight excluding hydrogens is 403 g/mol. The number of anilines is 1. The summed E-state index contributed by atoms with van der Waals surface area (Å²) in [5.41, 5.74) is 10.0. The molecule has 2 nitrogen and oxygen atoms in total. The van der Waals surface area contributed by atoms with Crippen LogP contribution in [0.15, 0.2) is 41.5 Å². The zero-order valence-corrected chi connectivity index (χ0v) is 13.6. The monoisotopic (exact) mass is 414 g/mol. The molecule has 0 aliphatic carbocycles. The van der Waals surface area contributed by atoms with Crippen LogP contribution in [-0.2, 0) is 0 Å². The number of nitrogens with two attached hydrogens (primary N) is 1. The molecule has 92 valence electrons. The van der Waals surface area contributed by atoms with Gasteiger partial charge in [0.05, 0.1) is 0 Å². The minimum absolute atomic E-state index is 0.496. The van der Waals surface area contributed by atoms with Crippen LogP contribution in [-0.4, -0.2) is 4.98 Å². The van der Waals surface area contributed by atoms with E-state index in [1.165, 1.54) is 5.56 Å². The van der Waals surface area contributed by atoms with Crippen LogP contribution >= 0.6 is 38.5 Å². The highest BCUT2D eigenvalue weighted by atomic mass is 127. The van der Waals surface area contributed by atoms with Gasteiger partial charge in [-0.1, -0.05) is 30.8 Å². The number of hydrogen-bond donors (Lipinski definition) is 1. The Kier molecular flexibility index (Phi) is 4.07. The maximum absolute atomic E-state index is 5.97. The maximum Gasteiger partial charge on any atom is 0.132 e. The third kappa shape index (κ3) is 2.44. The second-order valence-corrected chi connectivity index (χ2v) is 5.93. The van der Waals surface area contributed by atoms with Crippen molar-refractivity contribution in [2.45, 2.75) is 6.92 Å². The molecule has 4 heteroatoms. The molecule has 2 aromatic rings. The third-order valence-corrected chi connectivity index (χ3v) is 5.16. The number of hydrogen-bond acceptors (Lipinski definition) is 2. The molecule has 0 spiro atoms. The summed E-state index contributed by atoms with van der Waals surface area (Å²) in [6, 6.07) is 8.12. The van der Waals surface area contributed by atoms with Crippen molar-refractivity contribution in [1.82, 2.24) is 4.98 Å². The summed E-state index contributed by atoms with van der Waals surface area (Å²) in [4.78, 5) is 4.20. The molecule has 0 saturated carbocycles. The number of aryl methyl sites for hydroxylation is 1. The first kappa shape index (κ1) is 13.5. The lowest BCUT2D eigenvalue weighted by molar-refractivity contribution is 1.27. The van der Waals surface area contributed by atoms with Crippen molar-refractivity contribution in [3.8, 4) is 0 Å². The Hall–Kier alpha value is -0.880. The fraction of sp³-hybridized carbons (Fsp3) is 0.0714. The largest absolute Gasteiger partial charge is 0.383 e. The molecule has 0 fully saturated rings. The zero-order chi connectivity index (χ0) is 13.3. The van der Waals surface area contributed by atoms with Gasteiger partial charge < -0.3 is 5.73 Å². The van der Waals surface area contributed by atoms with E-state index in [1.54, 1.807) is 6.20 Å². The van der Waals surface area contributed by atoms with E-state index < -0.39 is 0 Å². The van der Waals surface area contributed by atoms with E-state index >= 15 is 0 Å². The Labute approximate surface area is 129 Å². The van der Waals surface area contributed by atoms with Gasteiger partial charge in [0.2, 0.25) is 0 Å². The number of rotatable bonds is 2. The van der Waals surface area contributed by atoms with Gasteiger partial charge in [0.1, 0.15) is 5.82 Å². The summed E-state index contributed by atoms with van der Waals surface area (Å²) in [5.74, 6) is 0.496. The Morgan fingerprint density at radius 1 is 1.39 bits per heavy atom. The van der Waals surface area contributed by atoms with Crippen LogP contribution in [0.5, 0.6) is 0 Å². The van der Waals surface area contributed by atoms with Gasteiger partial charge >= 0.3 is 0 Å². The number of benzene rings is 1. The van der Waals surface area contributed by atoms with Gasteiger partial charge in [0, 0.05) is 19.8 Å². The highest BCUT2D eigenvalue weighted by Crippen LogP contribution is 2.35. The number of aromatic nitrogens is 1. The van der Waals surface area contributed by atoms with Gasteiger partial charge in [0.25, 0.3) is 0 Å². The fourth-order valence-corrected chi connectivity index (χ4v) is 2.77. The molecule has 0 unspecified atom stereocenters. The van der Waals surface area contributed by atoms with Gasteiger partial charge in [-0.2, -0.15) is 0 Å². The number of halogens is 2. The number of nitrogens with zero attached hydrogens (tertiary/aromatic N) is 1. The Morgan fingerprint density at radius 2 is 2.06 bits per heavy atom. The van der Waals surface area contributed by atoms with Crippen molar-refractivity contribution in [3.05, 3.63) is 61.8 Å². The van der Waals surface area contributed by atoms with E-state index in [4.69, 9.17) is 5.73 Å². The molecule has 2 N–H and O–H groups in total. The molecule has 1 heterocycles. The molecule has 18 heavy (non-hydrogen) atoms. The number of nitrogen functional groups attached to an aromatic ring is 1. The van der Waals surface area contributed by atoms with E-state index in [1.807, 2.05) is 18.2 Å². The molecule has 0 saturated heterocycles. The highest BCUT2D eigenvalue weighted by molar-refractivity contribution is 14.1. The van der Waals surface area contributed by atoms with Crippen molar-refractivity contribution >= 4 is 49.9 Å². The molecule has 2 rings (SSSR count). The van der Waals surface area contributed by atoms with Crippen LogP contribution in [0.2, 0.25) is 0 Å². The minimum atomic E-state index is 0.496. The van der Waals surface area contributed by atoms with Gasteiger partial charge in [-0.3, -0.25) is 0 Å². The lowest BCUT2D eigenvalue weighted by Crippen LogP contribution is -2.01. The first-order valence-corrected chi connectivity index (χ1v) is 7.24. The predicted octanol–water partition coefficient (Wildman–Crippen LogP) is 4.40. The molecular formula is C14H12BrIN2. The van der Waals surface area contributed by atoms with Crippen LogP contribution in [0.4, 0.5) is 5.82 Å². The topological polar surface area (TPSA) is 38.9 Å². The van der Waals surface area contributed by atoms with E-state index in [9.17, 15) is 0 Å². The first-order chi connectivity index (χ1) is 8.52. The van der Waals surface area contributed by atoms with Gasteiger partial charge in [-0.25, -0.2) is 4.98 Å². The van der Waals surface area contributed by atoms with Crippen molar-refractivity contribution < 1.29 is 0 Å². The van der Waals surface area contributed by atoms with Crippen molar-refractivity contribution in [2.75, 3.05) is 5.73 Å². The van der Waals surface area contributed by atoms with Crippen molar-refractivity contribution in [2.24, 2.45) is 0 Å². The molecule has 1 aromatic carbocycles. The van der Waals surface area contributed by atoms with Crippen LogP contribution in [0.25, 0.3) is 5.57 Å². The molecule has 0 aliphatic rings. The highest BCUT2D eigenvalue weighted by Gasteiger charge is 2.15. The summed E-state index contributed by atoms with van der Waals surface area (Å²) >= 11 is 5.79. The molecule has 0 aliphatic heterocycles. The SMILES string of the molecule is C=C(c1ccccc1C)c1c(N)ncc(I)c1Br. The summed E-state index contributed by atoms with van der Waals surface area (Å²) < 4.78 is 1.97. The van der Waals surface area contributed by atoms with Gasteiger partial charge in [-0.05, 0) is 62.1 Å². The van der Waals surface area contributed by atoms with Crippen molar-refractivity contribution in [1.29, 1.82) is 0 Å². The fourth-order valence-electron chi connectivity index (χ4n) is 1.81. The summed E-state index contributed by atoms with van der Waals surface area (Å²) in [5, 5.41) is 0. The molecule has 0 amide bonds. The van der Waals surface area contributed by atoms with Crippen LogP contribution in [0.1, 0.15) is 16.7 Å².